The molecule has 2 rings (SSSR count). The highest BCUT2D eigenvalue weighted by Crippen LogP contribution is 2.15. The molecule has 0 unspecified atom stereocenters. The summed E-state index contributed by atoms with van der Waals surface area (Å²) in [6.45, 7) is 6.90. The summed E-state index contributed by atoms with van der Waals surface area (Å²) < 4.78 is 6.17. The average Bonchev–Trinajstić information content (AvgIpc) is 2.66. The Balaban J connectivity index is 1.61. The van der Waals surface area contributed by atoms with Crippen molar-refractivity contribution in [3.63, 3.8) is 0 Å². The smallest absolute Gasteiger partial charge is 0.407 e. The number of carbonyl (C=O) groups is 3. The van der Waals surface area contributed by atoms with Crippen LogP contribution in [0.3, 0.4) is 0 Å². The van der Waals surface area contributed by atoms with Gasteiger partial charge in [-0.25, -0.2) is 4.79 Å². The number of rotatable bonds is 7. The number of piperidine rings is 1. The topological polar surface area (TPSA) is 87.7 Å². The van der Waals surface area contributed by atoms with E-state index in [0.29, 0.717) is 19.5 Å². The second kappa shape index (κ2) is 11.3. The lowest BCUT2D eigenvalue weighted by molar-refractivity contribution is -0.132. The molecule has 166 valence electrons. The number of ether oxygens (including phenoxy) is 1. The summed E-state index contributed by atoms with van der Waals surface area (Å²) in [5.74, 6) is 0.0512. The molecule has 1 saturated heterocycles. The SMILES string of the molecule is CC(C)(C)OC(=O)NCCC(=O)NC1CCN(C(=O)CCc2ccc(Br)cc2)CC1. The highest BCUT2D eigenvalue weighted by Gasteiger charge is 2.23. The van der Waals surface area contributed by atoms with E-state index in [-0.39, 0.29) is 30.8 Å². The van der Waals surface area contributed by atoms with Gasteiger partial charge in [0, 0.05) is 43.0 Å². The zero-order chi connectivity index (χ0) is 22.1. The Kier molecular flexibility index (Phi) is 9.14. The fourth-order valence-electron chi connectivity index (χ4n) is 3.23. The number of benzene rings is 1. The van der Waals surface area contributed by atoms with Gasteiger partial charge >= 0.3 is 6.09 Å². The number of nitrogens with one attached hydrogen (secondary N) is 2. The molecular weight excluding hydrogens is 450 g/mol. The van der Waals surface area contributed by atoms with Crippen molar-refractivity contribution in [1.82, 2.24) is 15.5 Å². The first kappa shape index (κ1) is 24.2. The van der Waals surface area contributed by atoms with Gasteiger partial charge in [0.25, 0.3) is 0 Å². The molecule has 2 N–H and O–H groups in total. The van der Waals surface area contributed by atoms with Crippen LogP contribution in [0.5, 0.6) is 0 Å². The number of nitrogens with zero attached hydrogens (tertiary/aromatic N) is 1. The molecule has 3 amide bonds. The molecule has 1 fully saturated rings. The zero-order valence-electron chi connectivity index (χ0n) is 18.0. The molecule has 0 saturated carbocycles. The molecule has 1 heterocycles. The Hall–Kier alpha value is -2.09. The predicted molar refractivity (Wildman–Crippen MR) is 119 cm³/mol. The van der Waals surface area contributed by atoms with E-state index >= 15 is 0 Å². The summed E-state index contributed by atoms with van der Waals surface area (Å²) in [7, 11) is 0. The number of hydrogen-bond donors (Lipinski definition) is 2. The summed E-state index contributed by atoms with van der Waals surface area (Å²) in [6.07, 6.45) is 2.39. The maximum absolute atomic E-state index is 12.4. The zero-order valence-corrected chi connectivity index (χ0v) is 19.6. The molecule has 1 aliphatic rings. The molecule has 0 bridgehead atoms. The van der Waals surface area contributed by atoms with Gasteiger partial charge in [0.15, 0.2) is 0 Å². The number of amides is 3. The Morgan fingerprint density at radius 3 is 2.33 bits per heavy atom. The van der Waals surface area contributed by atoms with Gasteiger partial charge in [-0.1, -0.05) is 28.1 Å². The van der Waals surface area contributed by atoms with Crippen LogP contribution in [-0.2, 0) is 20.7 Å². The van der Waals surface area contributed by atoms with Crippen molar-refractivity contribution in [2.45, 2.75) is 64.5 Å². The minimum absolute atomic E-state index is 0.0644. The van der Waals surface area contributed by atoms with E-state index < -0.39 is 11.7 Å². The Labute approximate surface area is 187 Å². The number of carbonyl (C=O) groups excluding carboxylic acids is 3. The van der Waals surface area contributed by atoms with Gasteiger partial charge in [0.1, 0.15) is 5.60 Å². The van der Waals surface area contributed by atoms with Crippen LogP contribution < -0.4 is 10.6 Å². The average molecular weight is 482 g/mol. The van der Waals surface area contributed by atoms with E-state index in [1.54, 1.807) is 20.8 Å². The number of alkyl carbamates (subject to hydrolysis) is 1. The Morgan fingerprint density at radius 2 is 1.73 bits per heavy atom. The number of likely N-dealkylation sites (tertiary alicyclic amines) is 1. The summed E-state index contributed by atoms with van der Waals surface area (Å²) in [6, 6.07) is 8.08. The summed E-state index contributed by atoms with van der Waals surface area (Å²) >= 11 is 3.41. The molecule has 7 nitrogen and oxygen atoms in total. The summed E-state index contributed by atoms with van der Waals surface area (Å²) in [5.41, 5.74) is 0.587. The normalized spacial score (nSPS) is 14.9. The highest BCUT2D eigenvalue weighted by molar-refractivity contribution is 9.10. The molecule has 0 atom stereocenters. The van der Waals surface area contributed by atoms with Gasteiger partial charge in [-0.15, -0.1) is 0 Å². The summed E-state index contributed by atoms with van der Waals surface area (Å²) in [5, 5.41) is 5.57. The molecule has 1 aromatic rings. The van der Waals surface area contributed by atoms with Crippen LogP contribution >= 0.6 is 15.9 Å². The monoisotopic (exact) mass is 481 g/mol. The Bertz CT molecular complexity index is 723. The van der Waals surface area contributed by atoms with E-state index in [1.807, 2.05) is 29.2 Å². The van der Waals surface area contributed by atoms with E-state index in [0.717, 1.165) is 29.3 Å². The molecular formula is C22H32BrN3O4. The van der Waals surface area contributed by atoms with Crippen molar-refractivity contribution < 1.29 is 19.1 Å². The third-order valence-corrected chi connectivity index (χ3v) is 5.30. The van der Waals surface area contributed by atoms with Crippen molar-refractivity contribution in [1.29, 1.82) is 0 Å². The number of hydrogen-bond acceptors (Lipinski definition) is 4. The fraction of sp³-hybridized carbons (Fsp3) is 0.591. The van der Waals surface area contributed by atoms with Crippen LogP contribution in [0.15, 0.2) is 28.7 Å². The fourth-order valence-corrected chi connectivity index (χ4v) is 3.49. The standard InChI is InChI=1S/C22H32BrN3O4/c1-22(2,3)30-21(29)24-13-10-19(27)25-18-11-14-26(15-12-18)20(28)9-6-16-4-7-17(23)8-5-16/h4-5,7-8,18H,6,9-15H2,1-3H3,(H,24,29)(H,25,27). The lowest BCUT2D eigenvalue weighted by Gasteiger charge is -2.32. The lowest BCUT2D eigenvalue weighted by atomic mass is 10.0. The van der Waals surface area contributed by atoms with Crippen LogP contribution in [0.25, 0.3) is 0 Å². The first-order valence-corrected chi connectivity index (χ1v) is 11.2. The van der Waals surface area contributed by atoms with Gasteiger partial charge in [-0.05, 0) is 57.7 Å². The molecule has 1 aliphatic heterocycles. The molecule has 8 heteroatoms. The predicted octanol–water partition coefficient (Wildman–Crippen LogP) is 3.40. The van der Waals surface area contributed by atoms with Crippen molar-refractivity contribution in [3.8, 4) is 0 Å². The quantitative estimate of drug-likeness (QED) is 0.624. The molecule has 1 aromatic carbocycles. The van der Waals surface area contributed by atoms with Crippen molar-refractivity contribution in [2.24, 2.45) is 0 Å². The largest absolute Gasteiger partial charge is 0.444 e. The minimum atomic E-state index is -0.560. The maximum atomic E-state index is 12.4. The van der Waals surface area contributed by atoms with E-state index in [4.69, 9.17) is 4.74 Å². The first-order valence-electron chi connectivity index (χ1n) is 10.4. The van der Waals surface area contributed by atoms with E-state index in [2.05, 4.69) is 26.6 Å². The molecule has 0 aromatic heterocycles. The second-order valence-corrected chi connectivity index (χ2v) is 9.44. The van der Waals surface area contributed by atoms with Crippen molar-refractivity contribution in [2.75, 3.05) is 19.6 Å². The van der Waals surface area contributed by atoms with Gasteiger partial charge in [-0.2, -0.15) is 0 Å². The van der Waals surface area contributed by atoms with E-state index in [1.165, 1.54) is 0 Å². The Morgan fingerprint density at radius 1 is 1.10 bits per heavy atom. The van der Waals surface area contributed by atoms with Gasteiger partial charge in [-0.3, -0.25) is 9.59 Å². The van der Waals surface area contributed by atoms with E-state index in [9.17, 15) is 14.4 Å². The van der Waals surface area contributed by atoms with Crippen molar-refractivity contribution >= 4 is 33.8 Å². The number of aryl methyl sites for hydroxylation is 1. The molecule has 0 aliphatic carbocycles. The second-order valence-electron chi connectivity index (χ2n) is 8.53. The van der Waals surface area contributed by atoms with Crippen LogP contribution in [-0.4, -0.2) is 54.1 Å². The molecule has 0 radical (unpaired) electrons. The van der Waals surface area contributed by atoms with Crippen LogP contribution in [0.2, 0.25) is 0 Å². The molecule has 0 spiro atoms. The van der Waals surface area contributed by atoms with Crippen LogP contribution in [0.4, 0.5) is 4.79 Å². The highest BCUT2D eigenvalue weighted by atomic mass is 79.9. The minimum Gasteiger partial charge on any atom is -0.444 e. The summed E-state index contributed by atoms with van der Waals surface area (Å²) in [4.78, 5) is 38.0. The first-order chi connectivity index (χ1) is 14.1. The number of halogens is 1. The van der Waals surface area contributed by atoms with Crippen LogP contribution in [0, 0.1) is 0 Å². The van der Waals surface area contributed by atoms with Gasteiger partial charge in [0.05, 0.1) is 0 Å². The van der Waals surface area contributed by atoms with Crippen LogP contribution in [0.1, 0.15) is 52.0 Å². The third kappa shape index (κ3) is 9.15. The lowest BCUT2D eigenvalue weighted by Crippen LogP contribution is -2.47. The van der Waals surface area contributed by atoms with Gasteiger partial charge in [0.2, 0.25) is 11.8 Å². The van der Waals surface area contributed by atoms with Crippen molar-refractivity contribution in [3.05, 3.63) is 34.3 Å². The molecule has 30 heavy (non-hydrogen) atoms. The van der Waals surface area contributed by atoms with Gasteiger partial charge < -0.3 is 20.3 Å². The third-order valence-electron chi connectivity index (χ3n) is 4.77. The maximum Gasteiger partial charge on any atom is 0.407 e.